The van der Waals surface area contributed by atoms with Crippen molar-refractivity contribution in [3.8, 4) is 0 Å². The Morgan fingerprint density at radius 1 is 0.857 bits per heavy atom. The zero-order chi connectivity index (χ0) is 15.7. The molecule has 0 aromatic heterocycles. The monoisotopic (exact) mass is 312 g/mol. The summed E-state index contributed by atoms with van der Waals surface area (Å²) in [4.78, 5) is 0. The average molecular weight is 312 g/mol. The molecule has 0 aliphatic carbocycles. The lowest BCUT2D eigenvalue weighted by atomic mass is 9.99. The first-order valence-corrected chi connectivity index (χ1v) is 6.48. The summed E-state index contributed by atoms with van der Waals surface area (Å²) in [5.41, 5.74) is 0. The van der Waals surface area contributed by atoms with Crippen LogP contribution in [0.5, 0.6) is 0 Å². The molecule has 124 valence electrons. The number of rotatable bonds is 3. The van der Waals surface area contributed by atoms with Crippen LogP contribution in [0.25, 0.3) is 0 Å². The number of hydrogen-bond donors (Lipinski definition) is 7. The molecule has 0 spiro atoms. The molecule has 21 heavy (non-hydrogen) atoms. The Labute approximate surface area is 119 Å². The van der Waals surface area contributed by atoms with Gasteiger partial charge in [0.1, 0.15) is 42.7 Å². The lowest BCUT2D eigenvalue weighted by Crippen LogP contribution is -2.62. The topological polar surface area (TPSA) is 169 Å². The Morgan fingerprint density at radius 3 is 2.14 bits per heavy atom. The van der Waals surface area contributed by atoms with Crippen molar-refractivity contribution >= 4 is 0 Å². The second-order valence-electron chi connectivity index (χ2n) is 5.08. The van der Waals surface area contributed by atoms with Gasteiger partial charge in [-0.3, -0.25) is 0 Å². The zero-order valence-corrected chi connectivity index (χ0v) is 11.0. The SMILES string of the molecule is OCC1O[C@H](O[C@@H]2COC(O)[C@H](O)C2O)[C@H](O)C(O)[C@@H]1O. The van der Waals surface area contributed by atoms with E-state index in [2.05, 4.69) is 0 Å². The molecule has 9 atom stereocenters. The van der Waals surface area contributed by atoms with E-state index in [0.29, 0.717) is 0 Å². The van der Waals surface area contributed by atoms with E-state index in [1.165, 1.54) is 0 Å². The molecule has 0 bridgehead atoms. The summed E-state index contributed by atoms with van der Waals surface area (Å²) in [6.45, 7) is -0.899. The highest BCUT2D eigenvalue weighted by Gasteiger charge is 2.47. The van der Waals surface area contributed by atoms with Crippen molar-refractivity contribution in [1.29, 1.82) is 0 Å². The standard InChI is InChI=1S/C11H20O10/c12-1-3-5(13)7(15)9(17)11(20-3)21-4-2-19-10(18)8(16)6(4)14/h3-18H,1-2H2/t3?,4-,5-,6?,7?,8-,9-,10?,11-/m1/s1. The van der Waals surface area contributed by atoms with Crippen molar-refractivity contribution in [2.24, 2.45) is 0 Å². The van der Waals surface area contributed by atoms with Crippen molar-refractivity contribution in [3.05, 3.63) is 0 Å². The molecule has 7 N–H and O–H groups in total. The van der Waals surface area contributed by atoms with Gasteiger partial charge in [-0.05, 0) is 0 Å². The van der Waals surface area contributed by atoms with Crippen LogP contribution in [0, 0.1) is 0 Å². The number of aliphatic hydroxyl groups excluding tert-OH is 7. The predicted octanol–water partition coefficient (Wildman–Crippen LogP) is -4.76. The van der Waals surface area contributed by atoms with Crippen LogP contribution >= 0.6 is 0 Å². The fourth-order valence-corrected chi connectivity index (χ4v) is 2.25. The second-order valence-corrected chi connectivity index (χ2v) is 5.08. The Morgan fingerprint density at radius 2 is 1.52 bits per heavy atom. The van der Waals surface area contributed by atoms with Crippen LogP contribution < -0.4 is 0 Å². The molecule has 2 fully saturated rings. The quantitative estimate of drug-likeness (QED) is 0.268. The summed E-state index contributed by atoms with van der Waals surface area (Å²) >= 11 is 0. The minimum absolute atomic E-state index is 0.283. The highest BCUT2D eigenvalue weighted by Crippen LogP contribution is 2.25. The van der Waals surface area contributed by atoms with Gasteiger partial charge in [-0.25, -0.2) is 0 Å². The van der Waals surface area contributed by atoms with E-state index in [4.69, 9.17) is 19.3 Å². The van der Waals surface area contributed by atoms with E-state index in [0.717, 1.165) is 0 Å². The van der Waals surface area contributed by atoms with Crippen molar-refractivity contribution in [3.63, 3.8) is 0 Å². The largest absolute Gasteiger partial charge is 0.394 e. The second kappa shape index (κ2) is 6.79. The first-order valence-electron chi connectivity index (χ1n) is 6.48. The van der Waals surface area contributed by atoms with Gasteiger partial charge in [-0.15, -0.1) is 0 Å². The molecule has 0 aromatic carbocycles. The lowest BCUT2D eigenvalue weighted by molar-refractivity contribution is -0.340. The third-order valence-electron chi connectivity index (χ3n) is 3.61. The molecule has 0 saturated carbocycles. The van der Waals surface area contributed by atoms with Crippen LogP contribution in [0.2, 0.25) is 0 Å². The molecule has 2 saturated heterocycles. The Balaban J connectivity index is 2.01. The molecule has 2 rings (SSSR count). The molecule has 0 radical (unpaired) electrons. The summed E-state index contributed by atoms with van der Waals surface area (Å²) < 4.78 is 15.1. The minimum Gasteiger partial charge on any atom is -0.394 e. The van der Waals surface area contributed by atoms with E-state index < -0.39 is 61.9 Å². The molecular weight excluding hydrogens is 292 g/mol. The molecule has 10 nitrogen and oxygen atoms in total. The van der Waals surface area contributed by atoms with Gasteiger partial charge in [0, 0.05) is 0 Å². The normalized spacial score (nSPS) is 51.9. The van der Waals surface area contributed by atoms with E-state index >= 15 is 0 Å². The summed E-state index contributed by atoms with van der Waals surface area (Å²) in [7, 11) is 0. The highest BCUT2D eigenvalue weighted by atomic mass is 16.7. The highest BCUT2D eigenvalue weighted by molar-refractivity contribution is 4.91. The molecule has 0 aromatic rings. The van der Waals surface area contributed by atoms with Crippen LogP contribution in [0.1, 0.15) is 0 Å². The Bertz CT molecular complexity index is 339. The molecule has 0 amide bonds. The van der Waals surface area contributed by atoms with E-state index in [1.807, 2.05) is 0 Å². The molecule has 4 unspecified atom stereocenters. The third kappa shape index (κ3) is 3.35. The van der Waals surface area contributed by atoms with Gasteiger partial charge in [0.15, 0.2) is 12.6 Å². The summed E-state index contributed by atoms with van der Waals surface area (Å²) in [5.74, 6) is 0. The zero-order valence-electron chi connectivity index (χ0n) is 11.0. The number of hydrogen-bond acceptors (Lipinski definition) is 10. The summed E-state index contributed by atoms with van der Waals surface area (Å²) in [6, 6.07) is 0. The number of ether oxygens (including phenoxy) is 3. The van der Waals surface area contributed by atoms with Crippen molar-refractivity contribution < 1.29 is 50.0 Å². The maximum absolute atomic E-state index is 9.78. The summed E-state index contributed by atoms with van der Waals surface area (Å²) in [6.07, 6.45) is -13.2. The Kier molecular flexibility index (Phi) is 5.48. The van der Waals surface area contributed by atoms with Gasteiger partial charge in [0.05, 0.1) is 13.2 Å². The van der Waals surface area contributed by atoms with E-state index in [1.54, 1.807) is 0 Å². The van der Waals surface area contributed by atoms with Crippen molar-refractivity contribution in [2.75, 3.05) is 13.2 Å². The fourth-order valence-electron chi connectivity index (χ4n) is 2.25. The van der Waals surface area contributed by atoms with Crippen LogP contribution in [-0.4, -0.2) is 104 Å². The van der Waals surface area contributed by atoms with Gasteiger partial charge in [-0.2, -0.15) is 0 Å². The summed E-state index contributed by atoms with van der Waals surface area (Å²) in [5, 5.41) is 66.5. The first kappa shape index (κ1) is 17.0. The smallest absolute Gasteiger partial charge is 0.187 e. The van der Waals surface area contributed by atoms with Crippen LogP contribution in [-0.2, 0) is 14.2 Å². The van der Waals surface area contributed by atoms with Crippen molar-refractivity contribution in [2.45, 2.75) is 55.3 Å². The number of aliphatic hydroxyl groups is 7. The molecule has 2 aliphatic heterocycles. The third-order valence-corrected chi connectivity index (χ3v) is 3.61. The van der Waals surface area contributed by atoms with Crippen LogP contribution in [0.3, 0.4) is 0 Å². The first-order chi connectivity index (χ1) is 9.86. The fraction of sp³-hybridized carbons (Fsp3) is 1.00. The molecule has 2 aliphatic rings. The average Bonchev–Trinajstić information content (AvgIpc) is 2.48. The molecular formula is C11H20O10. The minimum atomic E-state index is -1.63. The van der Waals surface area contributed by atoms with Gasteiger partial charge in [-0.1, -0.05) is 0 Å². The Hall–Kier alpha value is -0.400. The van der Waals surface area contributed by atoms with E-state index in [9.17, 15) is 30.6 Å². The van der Waals surface area contributed by atoms with Crippen molar-refractivity contribution in [1.82, 2.24) is 0 Å². The van der Waals surface area contributed by atoms with Gasteiger partial charge in [0.25, 0.3) is 0 Å². The maximum Gasteiger partial charge on any atom is 0.187 e. The van der Waals surface area contributed by atoms with Gasteiger partial charge >= 0.3 is 0 Å². The van der Waals surface area contributed by atoms with Gasteiger partial charge in [0.2, 0.25) is 0 Å². The van der Waals surface area contributed by atoms with Crippen LogP contribution in [0.4, 0.5) is 0 Å². The molecule has 2 heterocycles. The van der Waals surface area contributed by atoms with E-state index in [-0.39, 0.29) is 6.61 Å². The van der Waals surface area contributed by atoms with Crippen LogP contribution in [0.15, 0.2) is 0 Å². The maximum atomic E-state index is 9.78. The van der Waals surface area contributed by atoms with Gasteiger partial charge < -0.3 is 50.0 Å². The lowest BCUT2D eigenvalue weighted by Gasteiger charge is -2.43. The predicted molar refractivity (Wildman–Crippen MR) is 62.6 cm³/mol. The molecule has 10 heteroatoms.